The fourth-order valence-corrected chi connectivity index (χ4v) is 2.50. The molecule has 0 bridgehead atoms. The first-order valence-electron chi connectivity index (χ1n) is 8.17. The Morgan fingerprint density at radius 2 is 1.96 bits per heavy atom. The van der Waals surface area contributed by atoms with E-state index in [4.69, 9.17) is 14.7 Å². The highest BCUT2D eigenvalue weighted by molar-refractivity contribution is 6.03. The first-order chi connectivity index (χ1) is 12.5. The molecule has 2 rings (SSSR count). The van der Waals surface area contributed by atoms with Gasteiger partial charge < -0.3 is 14.4 Å². The summed E-state index contributed by atoms with van der Waals surface area (Å²) in [4.78, 5) is 14.1. The Bertz CT molecular complexity index is 866. The van der Waals surface area contributed by atoms with Gasteiger partial charge in [0.15, 0.2) is 18.1 Å². The van der Waals surface area contributed by atoms with Crippen molar-refractivity contribution in [2.24, 2.45) is 0 Å². The van der Waals surface area contributed by atoms with Gasteiger partial charge in [-0.05, 0) is 54.8 Å². The second-order valence-corrected chi connectivity index (χ2v) is 5.88. The van der Waals surface area contributed by atoms with Crippen molar-refractivity contribution in [3.8, 4) is 17.6 Å². The fraction of sp³-hybridized carbons (Fsp3) is 0.238. The third-order valence-electron chi connectivity index (χ3n) is 3.95. The van der Waals surface area contributed by atoms with Gasteiger partial charge in [-0.3, -0.25) is 4.79 Å². The van der Waals surface area contributed by atoms with Crippen LogP contribution in [-0.4, -0.2) is 26.7 Å². The lowest BCUT2D eigenvalue weighted by Gasteiger charge is -2.18. The predicted octanol–water partition coefficient (Wildman–Crippen LogP) is 3.89. The Balaban J connectivity index is 2.17. The van der Waals surface area contributed by atoms with Gasteiger partial charge in [-0.1, -0.05) is 18.2 Å². The summed E-state index contributed by atoms with van der Waals surface area (Å²) in [5, 5.41) is 8.60. The standard InChI is InChI=1S/C21H22N2O3/c1-15-5-6-16(2)18(13-15)23(3)21(24)10-8-17-7-9-19(26-12-11-22)20(14-17)25-4/h5-10,13-14H,12H2,1-4H3/b10-8+. The van der Waals surface area contributed by atoms with Crippen molar-refractivity contribution in [1.29, 1.82) is 5.26 Å². The number of rotatable bonds is 6. The minimum absolute atomic E-state index is 0.0509. The van der Waals surface area contributed by atoms with E-state index in [1.54, 1.807) is 36.2 Å². The van der Waals surface area contributed by atoms with Gasteiger partial charge in [-0.15, -0.1) is 0 Å². The lowest BCUT2D eigenvalue weighted by atomic mass is 10.1. The van der Waals surface area contributed by atoms with E-state index in [0.29, 0.717) is 11.5 Å². The van der Waals surface area contributed by atoms with Crippen LogP contribution in [0.25, 0.3) is 6.08 Å². The van der Waals surface area contributed by atoms with E-state index in [1.807, 2.05) is 38.1 Å². The monoisotopic (exact) mass is 350 g/mol. The van der Waals surface area contributed by atoms with Crippen molar-refractivity contribution < 1.29 is 14.3 Å². The molecule has 0 fully saturated rings. The largest absolute Gasteiger partial charge is 0.493 e. The number of nitrogens with zero attached hydrogens (tertiary/aromatic N) is 2. The van der Waals surface area contributed by atoms with E-state index in [-0.39, 0.29) is 12.5 Å². The number of aryl methyl sites for hydroxylation is 2. The van der Waals surface area contributed by atoms with Gasteiger partial charge >= 0.3 is 0 Å². The smallest absolute Gasteiger partial charge is 0.250 e. The first-order valence-corrected chi connectivity index (χ1v) is 8.17. The predicted molar refractivity (Wildman–Crippen MR) is 102 cm³/mol. The van der Waals surface area contributed by atoms with Gasteiger partial charge in [0.2, 0.25) is 0 Å². The van der Waals surface area contributed by atoms with Crippen LogP contribution in [0.2, 0.25) is 0 Å². The Kier molecular flexibility index (Phi) is 6.40. The summed E-state index contributed by atoms with van der Waals surface area (Å²) >= 11 is 0. The molecule has 26 heavy (non-hydrogen) atoms. The van der Waals surface area contributed by atoms with Crippen molar-refractivity contribution >= 4 is 17.7 Å². The Morgan fingerprint density at radius 1 is 1.19 bits per heavy atom. The van der Waals surface area contributed by atoms with Crippen molar-refractivity contribution in [2.45, 2.75) is 13.8 Å². The average Bonchev–Trinajstić information content (AvgIpc) is 2.65. The molecule has 2 aromatic carbocycles. The van der Waals surface area contributed by atoms with Crippen LogP contribution in [0.15, 0.2) is 42.5 Å². The molecule has 0 saturated carbocycles. The fourth-order valence-electron chi connectivity index (χ4n) is 2.50. The summed E-state index contributed by atoms with van der Waals surface area (Å²) in [5.41, 5.74) is 3.83. The van der Waals surface area contributed by atoms with E-state index in [9.17, 15) is 4.79 Å². The third-order valence-corrected chi connectivity index (χ3v) is 3.95. The van der Waals surface area contributed by atoms with Crippen molar-refractivity contribution in [2.75, 3.05) is 25.7 Å². The highest BCUT2D eigenvalue weighted by Crippen LogP contribution is 2.28. The summed E-state index contributed by atoms with van der Waals surface area (Å²) in [5.74, 6) is 0.880. The number of amides is 1. The molecule has 1 amide bonds. The van der Waals surface area contributed by atoms with Gasteiger partial charge in [0.05, 0.1) is 7.11 Å². The van der Waals surface area contributed by atoms with Crippen molar-refractivity contribution in [1.82, 2.24) is 0 Å². The van der Waals surface area contributed by atoms with Crippen LogP contribution in [0.4, 0.5) is 5.69 Å². The maximum atomic E-state index is 12.5. The van der Waals surface area contributed by atoms with E-state index in [1.165, 1.54) is 13.2 Å². The number of hydrogen-bond acceptors (Lipinski definition) is 4. The molecule has 0 atom stereocenters. The van der Waals surface area contributed by atoms with Crippen LogP contribution in [0, 0.1) is 25.2 Å². The first kappa shape index (κ1) is 19.1. The zero-order chi connectivity index (χ0) is 19.1. The van der Waals surface area contributed by atoms with Gasteiger partial charge in [0, 0.05) is 18.8 Å². The molecule has 134 valence electrons. The zero-order valence-electron chi connectivity index (χ0n) is 15.4. The number of hydrogen-bond donors (Lipinski definition) is 0. The molecule has 0 saturated heterocycles. The molecule has 0 unspecified atom stereocenters. The minimum Gasteiger partial charge on any atom is -0.493 e. The van der Waals surface area contributed by atoms with Gasteiger partial charge in [0.25, 0.3) is 5.91 Å². The van der Waals surface area contributed by atoms with Gasteiger partial charge in [0.1, 0.15) is 6.07 Å². The maximum Gasteiger partial charge on any atom is 0.250 e. The number of likely N-dealkylation sites (N-methyl/N-ethyl adjacent to an activating group) is 1. The van der Waals surface area contributed by atoms with Crippen LogP contribution in [-0.2, 0) is 4.79 Å². The number of anilines is 1. The summed E-state index contributed by atoms with van der Waals surface area (Å²) in [6.45, 7) is 3.93. The second-order valence-electron chi connectivity index (χ2n) is 5.88. The number of benzene rings is 2. The zero-order valence-corrected chi connectivity index (χ0v) is 15.4. The summed E-state index contributed by atoms with van der Waals surface area (Å²) in [6, 6.07) is 13.2. The highest BCUT2D eigenvalue weighted by atomic mass is 16.5. The molecule has 0 aromatic heterocycles. The van der Waals surface area contributed by atoms with Crippen molar-refractivity contribution in [3.05, 3.63) is 59.2 Å². The van der Waals surface area contributed by atoms with Crippen LogP contribution in [0.3, 0.4) is 0 Å². The summed E-state index contributed by atoms with van der Waals surface area (Å²) in [7, 11) is 3.29. The molecule has 0 aliphatic carbocycles. The molecular weight excluding hydrogens is 328 g/mol. The van der Waals surface area contributed by atoms with Crippen molar-refractivity contribution in [3.63, 3.8) is 0 Å². The van der Waals surface area contributed by atoms with Crippen LogP contribution in [0.1, 0.15) is 16.7 Å². The molecule has 0 N–H and O–H groups in total. The SMILES string of the molecule is COc1cc(/C=C/C(=O)N(C)c2cc(C)ccc2C)ccc1OCC#N. The highest BCUT2D eigenvalue weighted by Gasteiger charge is 2.11. The third kappa shape index (κ3) is 4.64. The van der Waals surface area contributed by atoms with Crippen LogP contribution in [0.5, 0.6) is 11.5 Å². The number of carbonyl (C=O) groups is 1. The Labute approximate surface area is 154 Å². The second kappa shape index (κ2) is 8.72. The molecule has 0 heterocycles. The van der Waals surface area contributed by atoms with E-state index >= 15 is 0 Å². The van der Waals surface area contributed by atoms with Gasteiger partial charge in [-0.25, -0.2) is 0 Å². The van der Waals surface area contributed by atoms with Crippen LogP contribution < -0.4 is 14.4 Å². The quantitative estimate of drug-likeness (QED) is 0.742. The molecule has 0 aliphatic heterocycles. The Hall–Kier alpha value is -3.26. The van der Waals surface area contributed by atoms with E-state index < -0.39 is 0 Å². The molecular formula is C21H22N2O3. The normalized spacial score (nSPS) is 10.4. The van der Waals surface area contributed by atoms with Crippen LogP contribution >= 0.6 is 0 Å². The lowest BCUT2D eigenvalue weighted by molar-refractivity contribution is -0.113. The molecule has 2 aromatic rings. The summed E-state index contributed by atoms with van der Waals surface area (Å²) in [6.07, 6.45) is 3.24. The molecule has 0 spiro atoms. The summed E-state index contributed by atoms with van der Waals surface area (Å²) < 4.78 is 10.6. The number of methoxy groups -OCH3 is 1. The molecule has 5 heteroatoms. The van der Waals surface area contributed by atoms with E-state index in [2.05, 4.69) is 0 Å². The minimum atomic E-state index is -0.123. The number of ether oxygens (including phenoxy) is 2. The molecule has 5 nitrogen and oxygen atoms in total. The maximum absolute atomic E-state index is 12.5. The molecule has 0 radical (unpaired) electrons. The van der Waals surface area contributed by atoms with E-state index in [0.717, 1.165) is 22.4 Å². The number of nitriles is 1. The topological polar surface area (TPSA) is 62.6 Å². The molecule has 0 aliphatic rings. The van der Waals surface area contributed by atoms with Gasteiger partial charge in [-0.2, -0.15) is 5.26 Å². The average molecular weight is 350 g/mol. The Morgan fingerprint density at radius 3 is 2.65 bits per heavy atom. The lowest BCUT2D eigenvalue weighted by Crippen LogP contribution is -2.24. The number of carbonyl (C=O) groups excluding carboxylic acids is 1.